The van der Waals surface area contributed by atoms with Crippen molar-refractivity contribution < 1.29 is 9.53 Å². The predicted octanol–water partition coefficient (Wildman–Crippen LogP) is 4.07. The number of anilines is 1. The molecule has 2 heterocycles. The Morgan fingerprint density at radius 1 is 1.36 bits per heavy atom. The van der Waals surface area contributed by atoms with Gasteiger partial charge in [0.1, 0.15) is 10.7 Å². The summed E-state index contributed by atoms with van der Waals surface area (Å²) in [7, 11) is 1.36. The largest absolute Gasteiger partial charge is 0.465 e. The molecule has 0 aliphatic heterocycles. The Morgan fingerprint density at radius 3 is 2.82 bits per heavy atom. The van der Waals surface area contributed by atoms with Crippen molar-refractivity contribution in [1.82, 2.24) is 9.97 Å². The lowest BCUT2D eigenvalue weighted by atomic mass is 9.89. The number of rotatable bonds is 4. The van der Waals surface area contributed by atoms with Gasteiger partial charge in [-0.05, 0) is 61.9 Å². The van der Waals surface area contributed by atoms with E-state index < -0.39 is 0 Å². The number of nitrogens with zero attached hydrogens (tertiary/aromatic N) is 1. The minimum Gasteiger partial charge on any atom is -0.465 e. The zero-order chi connectivity index (χ0) is 19.8. The first kappa shape index (κ1) is 18.7. The SMILES string of the molecule is COC(=O)c1ccc(N[C@@H](C)c2nc3sc4c(c3c(=O)[nH]2)CC[C@H](C)C4)cc1. The van der Waals surface area contributed by atoms with Gasteiger partial charge in [0, 0.05) is 10.6 Å². The summed E-state index contributed by atoms with van der Waals surface area (Å²) in [5, 5.41) is 4.09. The number of benzene rings is 1. The Labute approximate surface area is 167 Å². The van der Waals surface area contributed by atoms with E-state index in [-0.39, 0.29) is 17.6 Å². The fourth-order valence-electron chi connectivity index (χ4n) is 3.71. The Morgan fingerprint density at radius 2 is 2.11 bits per heavy atom. The number of esters is 1. The van der Waals surface area contributed by atoms with Gasteiger partial charge in [0.05, 0.1) is 24.1 Å². The number of fused-ring (bicyclic) bond motifs is 3. The Balaban J connectivity index is 1.60. The van der Waals surface area contributed by atoms with Crippen LogP contribution in [-0.4, -0.2) is 23.0 Å². The normalized spacial score (nSPS) is 17.2. The maximum atomic E-state index is 12.8. The maximum Gasteiger partial charge on any atom is 0.337 e. The van der Waals surface area contributed by atoms with E-state index in [1.165, 1.54) is 17.6 Å². The van der Waals surface area contributed by atoms with Crippen molar-refractivity contribution in [2.75, 3.05) is 12.4 Å². The molecule has 3 aromatic rings. The molecule has 0 saturated carbocycles. The summed E-state index contributed by atoms with van der Waals surface area (Å²) in [5.74, 6) is 0.904. The number of aromatic amines is 1. The van der Waals surface area contributed by atoms with E-state index in [2.05, 4.69) is 17.2 Å². The summed E-state index contributed by atoms with van der Waals surface area (Å²) in [4.78, 5) is 34.1. The van der Waals surface area contributed by atoms with Crippen molar-refractivity contribution in [1.29, 1.82) is 0 Å². The summed E-state index contributed by atoms with van der Waals surface area (Å²) in [6, 6.07) is 6.85. The summed E-state index contributed by atoms with van der Waals surface area (Å²) in [6.07, 6.45) is 3.12. The highest BCUT2D eigenvalue weighted by Crippen LogP contribution is 2.36. The number of hydrogen-bond acceptors (Lipinski definition) is 6. The third kappa shape index (κ3) is 3.42. The molecule has 1 aromatic carbocycles. The average Bonchev–Trinajstić information content (AvgIpc) is 3.05. The minimum atomic E-state index is -0.368. The van der Waals surface area contributed by atoms with Crippen molar-refractivity contribution in [3.05, 3.63) is 56.4 Å². The molecule has 0 bridgehead atoms. The van der Waals surface area contributed by atoms with Crippen molar-refractivity contribution in [2.45, 2.75) is 39.2 Å². The quantitative estimate of drug-likeness (QED) is 0.649. The molecular formula is C21H23N3O3S. The van der Waals surface area contributed by atoms with E-state index in [1.54, 1.807) is 23.5 Å². The van der Waals surface area contributed by atoms with Crippen molar-refractivity contribution in [2.24, 2.45) is 5.92 Å². The lowest BCUT2D eigenvalue weighted by molar-refractivity contribution is 0.0601. The number of carbonyl (C=O) groups is 1. The maximum absolute atomic E-state index is 12.8. The van der Waals surface area contributed by atoms with E-state index in [1.807, 2.05) is 19.1 Å². The van der Waals surface area contributed by atoms with Crippen LogP contribution < -0.4 is 10.9 Å². The second-order valence-corrected chi connectivity index (χ2v) is 8.50. The Kier molecular flexibility index (Phi) is 4.93. The van der Waals surface area contributed by atoms with Gasteiger partial charge in [-0.2, -0.15) is 0 Å². The lowest BCUT2D eigenvalue weighted by Gasteiger charge is -2.17. The van der Waals surface area contributed by atoms with Gasteiger partial charge in [-0.3, -0.25) is 4.79 Å². The molecule has 0 fully saturated rings. The molecule has 146 valence electrons. The van der Waals surface area contributed by atoms with Gasteiger partial charge in [0.15, 0.2) is 0 Å². The standard InChI is InChI=1S/C21H23N3O3S/c1-11-4-9-15-16(10-11)28-20-17(15)19(25)23-18(24-20)12(2)22-14-7-5-13(6-8-14)21(26)27-3/h5-8,11-12,22H,4,9-10H2,1-3H3,(H,23,24,25)/t11-,12-/m0/s1. The van der Waals surface area contributed by atoms with Crippen LogP contribution in [0.1, 0.15) is 52.9 Å². The number of carbonyl (C=O) groups excluding carboxylic acids is 1. The van der Waals surface area contributed by atoms with Gasteiger partial charge < -0.3 is 15.0 Å². The second kappa shape index (κ2) is 7.39. The van der Waals surface area contributed by atoms with Crippen LogP contribution in [0.5, 0.6) is 0 Å². The molecule has 28 heavy (non-hydrogen) atoms. The smallest absolute Gasteiger partial charge is 0.337 e. The molecule has 1 aliphatic carbocycles. The Bertz CT molecular complexity index is 1080. The monoisotopic (exact) mass is 397 g/mol. The van der Waals surface area contributed by atoms with Crippen LogP contribution in [0.2, 0.25) is 0 Å². The number of thiophene rings is 1. The topological polar surface area (TPSA) is 84.1 Å². The molecule has 2 N–H and O–H groups in total. The summed E-state index contributed by atoms with van der Waals surface area (Å²) in [6.45, 7) is 4.21. The predicted molar refractivity (Wildman–Crippen MR) is 111 cm³/mol. The van der Waals surface area contributed by atoms with Gasteiger partial charge in [0.25, 0.3) is 5.56 Å². The number of ether oxygens (including phenoxy) is 1. The molecule has 0 unspecified atom stereocenters. The highest BCUT2D eigenvalue weighted by Gasteiger charge is 2.23. The molecule has 1 aliphatic rings. The summed E-state index contributed by atoms with van der Waals surface area (Å²) in [5.41, 5.74) is 2.47. The molecule has 7 heteroatoms. The van der Waals surface area contributed by atoms with E-state index in [0.29, 0.717) is 17.3 Å². The Hall–Kier alpha value is -2.67. The lowest BCUT2D eigenvalue weighted by Crippen LogP contribution is -2.18. The fourth-order valence-corrected chi connectivity index (χ4v) is 5.10. The number of methoxy groups -OCH3 is 1. The van der Waals surface area contributed by atoms with Crippen molar-refractivity contribution in [3.63, 3.8) is 0 Å². The summed E-state index contributed by atoms with van der Waals surface area (Å²) >= 11 is 1.65. The molecule has 2 aromatic heterocycles. The second-order valence-electron chi connectivity index (χ2n) is 7.42. The average molecular weight is 398 g/mol. The van der Waals surface area contributed by atoms with Crippen LogP contribution in [0.4, 0.5) is 5.69 Å². The molecule has 4 rings (SSSR count). The highest BCUT2D eigenvalue weighted by molar-refractivity contribution is 7.18. The molecule has 0 radical (unpaired) electrons. The zero-order valence-corrected chi connectivity index (χ0v) is 17.0. The van der Waals surface area contributed by atoms with E-state index >= 15 is 0 Å². The summed E-state index contributed by atoms with van der Waals surface area (Å²) < 4.78 is 4.71. The minimum absolute atomic E-state index is 0.0539. The van der Waals surface area contributed by atoms with Gasteiger partial charge in [-0.25, -0.2) is 9.78 Å². The van der Waals surface area contributed by atoms with E-state index in [9.17, 15) is 9.59 Å². The molecule has 2 atom stereocenters. The highest BCUT2D eigenvalue weighted by atomic mass is 32.1. The van der Waals surface area contributed by atoms with Gasteiger partial charge in [-0.1, -0.05) is 6.92 Å². The fraction of sp³-hybridized carbons (Fsp3) is 0.381. The molecule has 0 amide bonds. The zero-order valence-electron chi connectivity index (χ0n) is 16.2. The third-order valence-corrected chi connectivity index (χ3v) is 6.43. The van der Waals surface area contributed by atoms with Crippen LogP contribution in [-0.2, 0) is 17.6 Å². The first-order chi connectivity index (χ1) is 13.5. The molecule has 0 saturated heterocycles. The van der Waals surface area contributed by atoms with Crippen molar-refractivity contribution >= 4 is 33.2 Å². The number of hydrogen-bond donors (Lipinski definition) is 2. The first-order valence-electron chi connectivity index (χ1n) is 9.45. The van der Waals surface area contributed by atoms with Crippen LogP contribution in [0, 0.1) is 5.92 Å². The van der Waals surface area contributed by atoms with Crippen LogP contribution in [0.25, 0.3) is 10.2 Å². The van der Waals surface area contributed by atoms with E-state index in [4.69, 9.17) is 9.72 Å². The molecular weight excluding hydrogens is 374 g/mol. The van der Waals surface area contributed by atoms with Crippen LogP contribution in [0.3, 0.4) is 0 Å². The van der Waals surface area contributed by atoms with E-state index in [0.717, 1.165) is 35.2 Å². The molecule has 0 spiro atoms. The number of aromatic nitrogens is 2. The number of nitrogens with one attached hydrogen (secondary N) is 2. The molecule has 6 nitrogen and oxygen atoms in total. The van der Waals surface area contributed by atoms with Crippen LogP contribution >= 0.6 is 11.3 Å². The number of aryl methyl sites for hydroxylation is 1. The van der Waals surface area contributed by atoms with Crippen LogP contribution in [0.15, 0.2) is 29.1 Å². The number of H-pyrrole nitrogens is 1. The van der Waals surface area contributed by atoms with Crippen molar-refractivity contribution in [3.8, 4) is 0 Å². The van der Waals surface area contributed by atoms with Gasteiger partial charge in [0.2, 0.25) is 0 Å². The third-order valence-electron chi connectivity index (χ3n) is 5.28. The van der Waals surface area contributed by atoms with Gasteiger partial charge >= 0.3 is 5.97 Å². The van der Waals surface area contributed by atoms with Gasteiger partial charge in [-0.15, -0.1) is 11.3 Å². The first-order valence-corrected chi connectivity index (χ1v) is 10.3.